The van der Waals surface area contributed by atoms with Gasteiger partial charge in [0, 0.05) is 10.6 Å². The predicted octanol–water partition coefficient (Wildman–Crippen LogP) is 3.81. The second-order valence-corrected chi connectivity index (χ2v) is 3.64. The molecule has 0 radical (unpaired) electrons. The Balaban J connectivity index is 2.31. The summed E-state index contributed by atoms with van der Waals surface area (Å²) in [5.41, 5.74) is 0.915. The fourth-order valence-corrected chi connectivity index (χ4v) is 1.56. The molecule has 3 heteroatoms. The Bertz CT molecular complexity index is 526. The molecule has 0 atom stereocenters. The largest absolute Gasteiger partial charge is 0.457 e. The van der Waals surface area contributed by atoms with Gasteiger partial charge in [-0.25, -0.2) is 0 Å². The maximum Gasteiger partial charge on any atom is 0.142 e. The Morgan fingerprint density at radius 3 is 2.81 bits per heavy atom. The molecule has 1 aromatic carbocycles. The van der Waals surface area contributed by atoms with Gasteiger partial charge in [0.2, 0.25) is 0 Å². The summed E-state index contributed by atoms with van der Waals surface area (Å²) in [5, 5.41) is 0.666. The molecule has 2 aromatic rings. The van der Waals surface area contributed by atoms with E-state index in [9.17, 15) is 4.79 Å². The molecule has 0 aliphatic heterocycles. The Hall–Kier alpha value is -1.80. The van der Waals surface area contributed by atoms with Gasteiger partial charge in [0.1, 0.15) is 17.8 Å². The van der Waals surface area contributed by atoms with Crippen LogP contribution >= 0.6 is 11.6 Å². The van der Waals surface area contributed by atoms with Crippen LogP contribution in [0.2, 0.25) is 5.02 Å². The average Bonchev–Trinajstić information content (AvgIpc) is 2.75. The quantitative estimate of drug-likeness (QED) is 0.595. The molecular weight excluding hydrogens is 224 g/mol. The molecule has 0 amide bonds. The van der Waals surface area contributed by atoms with Crippen molar-refractivity contribution >= 4 is 24.0 Å². The molecule has 0 spiro atoms. The van der Waals surface area contributed by atoms with E-state index in [0.717, 1.165) is 11.3 Å². The van der Waals surface area contributed by atoms with Crippen LogP contribution in [0.3, 0.4) is 0 Å². The van der Waals surface area contributed by atoms with Gasteiger partial charge in [-0.05, 0) is 36.4 Å². The van der Waals surface area contributed by atoms with Crippen molar-refractivity contribution in [1.29, 1.82) is 0 Å². The van der Waals surface area contributed by atoms with Gasteiger partial charge in [-0.2, -0.15) is 0 Å². The molecule has 0 saturated carbocycles. The third kappa shape index (κ3) is 2.41. The number of carbonyl (C=O) groups is 1. The Morgan fingerprint density at radius 2 is 2.06 bits per heavy atom. The highest BCUT2D eigenvalue weighted by atomic mass is 35.5. The van der Waals surface area contributed by atoms with Crippen molar-refractivity contribution in [2.24, 2.45) is 0 Å². The van der Waals surface area contributed by atoms with E-state index in [1.807, 2.05) is 24.3 Å². The third-order valence-corrected chi connectivity index (χ3v) is 2.31. The van der Waals surface area contributed by atoms with Gasteiger partial charge in [-0.15, -0.1) is 0 Å². The van der Waals surface area contributed by atoms with Crippen molar-refractivity contribution < 1.29 is 9.21 Å². The van der Waals surface area contributed by atoms with E-state index in [0.29, 0.717) is 17.1 Å². The van der Waals surface area contributed by atoms with Crippen molar-refractivity contribution in [3.8, 4) is 11.3 Å². The summed E-state index contributed by atoms with van der Waals surface area (Å²) in [6.07, 6.45) is 3.71. The molecule has 0 bridgehead atoms. The summed E-state index contributed by atoms with van der Waals surface area (Å²) in [6, 6.07) is 11.1. The third-order valence-electron chi connectivity index (χ3n) is 2.07. The number of rotatable bonds is 3. The molecular formula is C13H9ClO2. The lowest BCUT2D eigenvalue weighted by molar-refractivity contribution is -0.104. The Labute approximate surface area is 98.2 Å². The van der Waals surface area contributed by atoms with Crippen LogP contribution in [0.5, 0.6) is 0 Å². The lowest BCUT2D eigenvalue weighted by Crippen LogP contribution is -1.72. The normalized spacial score (nSPS) is 10.8. The number of furan rings is 1. The van der Waals surface area contributed by atoms with E-state index in [4.69, 9.17) is 16.0 Å². The Morgan fingerprint density at radius 1 is 1.19 bits per heavy atom. The summed E-state index contributed by atoms with van der Waals surface area (Å²) >= 11 is 5.88. The summed E-state index contributed by atoms with van der Waals surface area (Å²) in [6.45, 7) is 0. The molecule has 0 aliphatic carbocycles. The first-order valence-electron chi connectivity index (χ1n) is 4.77. The van der Waals surface area contributed by atoms with E-state index in [2.05, 4.69) is 0 Å². The SMILES string of the molecule is O=C/C=C/c1ccc(-c2cccc(Cl)c2)o1. The van der Waals surface area contributed by atoms with Crippen LogP contribution in [-0.4, -0.2) is 6.29 Å². The molecule has 16 heavy (non-hydrogen) atoms. The number of aldehydes is 1. The highest BCUT2D eigenvalue weighted by Gasteiger charge is 2.02. The summed E-state index contributed by atoms with van der Waals surface area (Å²) in [5.74, 6) is 1.37. The Kier molecular flexibility index (Phi) is 3.22. The smallest absolute Gasteiger partial charge is 0.142 e. The number of hydrogen-bond donors (Lipinski definition) is 0. The minimum Gasteiger partial charge on any atom is -0.457 e. The molecule has 0 saturated heterocycles. The molecule has 80 valence electrons. The fraction of sp³-hybridized carbons (Fsp3) is 0. The van der Waals surface area contributed by atoms with E-state index < -0.39 is 0 Å². The van der Waals surface area contributed by atoms with Crippen molar-refractivity contribution in [2.45, 2.75) is 0 Å². The molecule has 1 aromatic heterocycles. The van der Waals surface area contributed by atoms with E-state index in [1.54, 1.807) is 18.2 Å². The van der Waals surface area contributed by atoms with Crippen LogP contribution in [-0.2, 0) is 4.79 Å². The van der Waals surface area contributed by atoms with Crippen molar-refractivity contribution in [3.63, 3.8) is 0 Å². The first-order chi connectivity index (χ1) is 7.79. The number of benzene rings is 1. The number of allylic oxidation sites excluding steroid dienone is 1. The summed E-state index contributed by atoms with van der Waals surface area (Å²) < 4.78 is 5.52. The highest BCUT2D eigenvalue weighted by molar-refractivity contribution is 6.30. The topological polar surface area (TPSA) is 30.2 Å². The maximum atomic E-state index is 10.2. The van der Waals surface area contributed by atoms with Crippen molar-refractivity contribution in [3.05, 3.63) is 53.3 Å². The van der Waals surface area contributed by atoms with Crippen molar-refractivity contribution in [2.75, 3.05) is 0 Å². The van der Waals surface area contributed by atoms with Gasteiger partial charge >= 0.3 is 0 Å². The molecule has 0 unspecified atom stereocenters. The van der Waals surface area contributed by atoms with E-state index in [1.165, 1.54) is 6.08 Å². The van der Waals surface area contributed by atoms with Crippen LogP contribution in [0.15, 0.2) is 46.9 Å². The molecule has 2 nitrogen and oxygen atoms in total. The van der Waals surface area contributed by atoms with Gasteiger partial charge in [0.05, 0.1) is 0 Å². The minimum atomic E-state index is 0.641. The standard InChI is InChI=1S/C13H9ClO2/c14-11-4-1-3-10(9-11)13-7-6-12(16-13)5-2-8-15/h1-9H/b5-2+. The molecule has 2 rings (SSSR count). The summed E-state index contributed by atoms with van der Waals surface area (Å²) in [7, 11) is 0. The monoisotopic (exact) mass is 232 g/mol. The zero-order chi connectivity index (χ0) is 11.4. The van der Waals surface area contributed by atoms with Crippen LogP contribution in [0.4, 0.5) is 0 Å². The zero-order valence-electron chi connectivity index (χ0n) is 8.39. The highest BCUT2D eigenvalue weighted by Crippen LogP contribution is 2.25. The van der Waals surface area contributed by atoms with Crippen LogP contribution in [0.1, 0.15) is 5.76 Å². The van der Waals surface area contributed by atoms with E-state index in [-0.39, 0.29) is 0 Å². The number of hydrogen-bond acceptors (Lipinski definition) is 2. The van der Waals surface area contributed by atoms with E-state index >= 15 is 0 Å². The van der Waals surface area contributed by atoms with Crippen LogP contribution < -0.4 is 0 Å². The van der Waals surface area contributed by atoms with Gasteiger partial charge in [-0.1, -0.05) is 23.7 Å². The second kappa shape index (κ2) is 4.81. The number of halogens is 1. The predicted molar refractivity (Wildman–Crippen MR) is 64.3 cm³/mol. The first kappa shape index (κ1) is 10.7. The van der Waals surface area contributed by atoms with Crippen molar-refractivity contribution in [1.82, 2.24) is 0 Å². The van der Waals surface area contributed by atoms with Gasteiger partial charge in [-0.3, -0.25) is 4.79 Å². The minimum absolute atomic E-state index is 0.641. The van der Waals surface area contributed by atoms with Crippen LogP contribution in [0, 0.1) is 0 Å². The second-order valence-electron chi connectivity index (χ2n) is 3.21. The number of carbonyl (C=O) groups excluding carboxylic acids is 1. The molecule has 0 fully saturated rings. The maximum absolute atomic E-state index is 10.2. The average molecular weight is 233 g/mol. The lowest BCUT2D eigenvalue weighted by Gasteiger charge is -1.96. The molecule has 0 N–H and O–H groups in total. The lowest BCUT2D eigenvalue weighted by atomic mass is 10.2. The van der Waals surface area contributed by atoms with Gasteiger partial charge in [0.25, 0.3) is 0 Å². The molecule has 0 aliphatic rings. The van der Waals surface area contributed by atoms with Gasteiger partial charge in [0.15, 0.2) is 0 Å². The summed E-state index contributed by atoms with van der Waals surface area (Å²) in [4.78, 5) is 10.2. The first-order valence-corrected chi connectivity index (χ1v) is 5.15. The van der Waals surface area contributed by atoms with Crippen LogP contribution in [0.25, 0.3) is 17.4 Å². The molecule has 1 heterocycles. The fourth-order valence-electron chi connectivity index (χ4n) is 1.37. The zero-order valence-corrected chi connectivity index (χ0v) is 9.15. The van der Waals surface area contributed by atoms with Gasteiger partial charge < -0.3 is 4.42 Å².